The molecule has 0 heterocycles. The standard InChI is InChI=1S/C16H27NO/c1-13(2)15(3,4)11-17-12-16(5,18)14-9-7-6-8-10-14/h6-10,13,17-18H,11-12H2,1-5H3. The van der Waals surface area contributed by atoms with Gasteiger partial charge in [0.2, 0.25) is 0 Å². The fourth-order valence-corrected chi connectivity index (χ4v) is 1.73. The predicted molar refractivity (Wildman–Crippen MR) is 77.5 cm³/mol. The minimum Gasteiger partial charge on any atom is -0.384 e. The topological polar surface area (TPSA) is 32.3 Å². The van der Waals surface area contributed by atoms with Crippen molar-refractivity contribution >= 4 is 0 Å². The molecule has 0 fully saturated rings. The predicted octanol–water partition coefficient (Wildman–Crippen LogP) is 3.17. The molecule has 2 nitrogen and oxygen atoms in total. The summed E-state index contributed by atoms with van der Waals surface area (Å²) in [4.78, 5) is 0. The second-order valence-corrected chi connectivity index (χ2v) is 6.39. The molecule has 0 saturated heterocycles. The van der Waals surface area contributed by atoms with Crippen LogP contribution in [-0.4, -0.2) is 18.2 Å². The summed E-state index contributed by atoms with van der Waals surface area (Å²) in [5.41, 5.74) is 0.390. The van der Waals surface area contributed by atoms with Crippen molar-refractivity contribution in [3.05, 3.63) is 35.9 Å². The summed E-state index contributed by atoms with van der Waals surface area (Å²) in [6, 6.07) is 9.82. The van der Waals surface area contributed by atoms with Gasteiger partial charge < -0.3 is 10.4 Å². The Morgan fingerprint density at radius 3 is 2.11 bits per heavy atom. The van der Waals surface area contributed by atoms with Crippen LogP contribution in [0.2, 0.25) is 0 Å². The second-order valence-electron chi connectivity index (χ2n) is 6.39. The molecule has 0 aromatic heterocycles. The number of hydrogen-bond acceptors (Lipinski definition) is 2. The van der Waals surface area contributed by atoms with Gasteiger partial charge in [0, 0.05) is 13.1 Å². The summed E-state index contributed by atoms with van der Waals surface area (Å²) in [6.07, 6.45) is 0. The Bertz CT molecular complexity index is 355. The first-order chi connectivity index (χ1) is 8.26. The molecule has 0 aliphatic heterocycles. The second kappa shape index (κ2) is 5.85. The molecule has 1 unspecified atom stereocenters. The first kappa shape index (κ1) is 15.2. The van der Waals surface area contributed by atoms with Gasteiger partial charge in [-0.2, -0.15) is 0 Å². The number of aliphatic hydroxyl groups is 1. The molecule has 1 aromatic rings. The average molecular weight is 249 g/mol. The van der Waals surface area contributed by atoms with E-state index in [4.69, 9.17) is 0 Å². The lowest BCUT2D eigenvalue weighted by Crippen LogP contribution is -2.41. The Hall–Kier alpha value is -0.860. The van der Waals surface area contributed by atoms with Crippen molar-refractivity contribution in [2.24, 2.45) is 11.3 Å². The SMILES string of the molecule is CC(C)C(C)(C)CNCC(C)(O)c1ccccc1. The van der Waals surface area contributed by atoms with E-state index in [1.165, 1.54) is 0 Å². The Morgan fingerprint density at radius 1 is 1.06 bits per heavy atom. The van der Waals surface area contributed by atoms with Gasteiger partial charge >= 0.3 is 0 Å². The van der Waals surface area contributed by atoms with Crippen LogP contribution < -0.4 is 5.32 Å². The zero-order valence-corrected chi connectivity index (χ0v) is 12.3. The minimum atomic E-state index is -0.811. The van der Waals surface area contributed by atoms with Gasteiger partial charge in [-0.3, -0.25) is 0 Å². The van der Waals surface area contributed by atoms with E-state index in [1.807, 2.05) is 37.3 Å². The van der Waals surface area contributed by atoms with Crippen molar-refractivity contribution in [2.75, 3.05) is 13.1 Å². The summed E-state index contributed by atoms with van der Waals surface area (Å²) < 4.78 is 0. The van der Waals surface area contributed by atoms with Crippen LogP contribution in [0.3, 0.4) is 0 Å². The smallest absolute Gasteiger partial charge is 0.0992 e. The molecule has 1 aromatic carbocycles. The van der Waals surface area contributed by atoms with Crippen LogP contribution in [0.1, 0.15) is 40.2 Å². The summed E-state index contributed by atoms with van der Waals surface area (Å²) >= 11 is 0. The van der Waals surface area contributed by atoms with Crippen LogP contribution in [-0.2, 0) is 5.60 Å². The third-order valence-corrected chi connectivity index (χ3v) is 4.01. The first-order valence-corrected chi connectivity index (χ1v) is 6.74. The number of benzene rings is 1. The van der Waals surface area contributed by atoms with Crippen molar-refractivity contribution in [3.8, 4) is 0 Å². The van der Waals surface area contributed by atoms with Crippen LogP contribution in [0.4, 0.5) is 0 Å². The van der Waals surface area contributed by atoms with Gasteiger partial charge in [0.25, 0.3) is 0 Å². The van der Waals surface area contributed by atoms with E-state index in [0.29, 0.717) is 12.5 Å². The maximum absolute atomic E-state index is 10.5. The molecule has 0 radical (unpaired) electrons. The molecule has 0 spiro atoms. The van der Waals surface area contributed by atoms with Crippen molar-refractivity contribution in [3.63, 3.8) is 0 Å². The van der Waals surface area contributed by atoms with Crippen LogP contribution >= 0.6 is 0 Å². The Morgan fingerprint density at radius 2 is 1.61 bits per heavy atom. The lowest BCUT2D eigenvalue weighted by Gasteiger charge is -2.32. The number of nitrogens with one attached hydrogen (secondary N) is 1. The van der Waals surface area contributed by atoms with Gasteiger partial charge in [-0.15, -0.1) is 0 Å². The molecular weight excluding hydrogens is 222 g/mol. The van der Waals surface area contributed by atoms with Gasteiger partial charge in [-0.05, 0) is 23.8 Å². The molecule has 0 bridgehead atoms. The van der Waals surface area contributed by atoms with E-state index in [0.717, 1.165) is 12.1 Å². The van der Waals surface area contributed by atoms with Crippen molar-refractivity contribution in [1.82, 2.24) is 5.32 Å². The van der Waals surface area contributed by atoms with Gasteiger partial charge in [0.05, 0.1) is 5.60 Å². The highest BCUT2D eigenvalue weighted by Gasteiger charge is 2.26. The molecule has 2 heteroatoms. The van der Waals surface area contributed by atoms with E-state index in [2.05, 4.69) is 33.0 Å². The van der Waals surface area contributed by atoms with E-state index in [-0.39, 0.29) is 5.41 Å². The van der Waals surface area contributed by atoms with Crippen molar-refractivity contribution < 1.29 is 5.11 Å². The Kier molecular flexibility index (Phi) is 4.94. The maximum atomic E-state index is 10.5. The highest BCUT2D eigenvalue weighted by atomic mass is 16.3. The molecule has 0 saturated carbocycles. The van der Waals surface area contributed by atoms with E-state index < -0.39 is 5.60 Å². The summed E-state index contributed by atoms with van der Waals surface area (Å²) in [5, 5.41) is 13.9. The number of hydrogen-bond donors (Lipinski definition) is 2. The summed E-state index contributed by atoms with van der Waals surface area (Å²) in [7, 11) is 0. The van der Waals surface area contributed by atoms with Crippen molar-refractivity contribution in [2.45, 2.75) is 40.2 Å². The molecule has 0 amide bonds. The third-order valence-electron chi connectivity index (χ3n) is 4.01. The molecule has 0 aliphatic rings. The van der Waals surface area contributed by atoms with Gasteiger partial charge in [-0.25, -0.2) is 0 Å². The average Bonchev–Trinajstić information content (AvgIpc) is 2.29. The summed E-state index contributed by atoms with van der Waals surface area (Å²) in [5.74, 6) is 0.617. The maximum Gasteiger partial charge on any atom is 0.0992 e. The van der Waals surface area contributed by atoms with Crippen LogP contribution in [0.5, 0.6) is 0 Å². The Balaban J connectivity index is 2.53. The molecule has 1 rings (SSSR count). The van der Waals surface area contributed by atoms with Crippen LogP contribution in [0.25, 0.3) is 0 Å². The van der Waals surface area contributed by atoms with Gasteiger partial charge in [0.1, 0.15) is 0 Å². The Labute approximate surface area is 111 Å². The van der Waals surface area contributed by atoms with Crippen molar-refractivity contribution in [1.29, 1.82) is 0 Å². The molecule has 102 valence electrons. The fraction of sp³-hybridized carbons (Fsp3) is 0.625. The molecule has 2 N–H and O–H groups in total. The third kappa shape index (κ3) is 4.11. The summed E-state index contributed by atoms with van der Waals surface area (Å²) in [6.45, 7) is 12.3. The largest absolute Gasteiger partial charge is 0.384 e. The van der Waals surface area contributed by atoms with Gasteiger partial charge in [0.15, 0.2) is 0 Å². The first-order valence-electron chi connectivity index (χ1n) is 6.74. The van der Waals surface area contributed by atoms with Crippen LogP contribution in [0, 0.1) is 11.3 Å². The zero-order chi connectivity index (χ0) is 13.8. The highest BCUT2D eigenvalue weighted by molar-refractivity contribution is 5.21. The molecule has 0 aliphatic carbocycles. The zero-order valence-electron chi connectivity index (χ0n) is 12.3. The minimum absolute atomic E-state index is 0.243. The lowest BCUT2D eigenvalue weighted by atomic mass is 9.81. The molecular formula is C16H27NO. The van der Waals surface area contributed by atoms with Crippen LogP contribution in [0.15, 0.2) is 30.3 Å². The van der Waals surface area contributed by atoms with E-state index >= 15 is 0 Å². The highest BCUT2D eigenvalue weighted by Crippen LogP contribution is 2.25. The van der Waals surface area contributed by atoms with E-state index in [9.17, 15) is 5.11 Å². The normalized spacial score (nSPS) is 15.7. The van der Waals surface area contributed by atoms with Gasteiger partial charge in [-0.1, -0.05) is 58.0 Å². The monoisotopic (exact) mass is 249 g/mol. The quantitative estimate of drug-likeness (QED) is 0.811. The fourth-order valence-electron chi connectivity index (χ4n) is 1.73. The molecule has 18 heavy (non-hydrogen) atoms. The van der Waals surface area contributed by atoms with E-state index in [1.54, 1.807) is 0 Å². The lowest BCUT2D eigenvalue weighted by molar-refractivity contribution is 0.0527. The number of rotatable bonds is 6. The molecule has 1 atom stereocenters.